The standard InChI is InChI=1S/C20H29N7O4S/c28-15-13(7-21-20(32)26-11-3-1-2-4-11)31-19(16(15)29)27-10-24-14-17(22-9-23-18(14)27)25-12-5-6-30-8-12/h9-13,15-16,19,28-29H,1-8H2,(H2,21,26,32)(H,22,23,25). The minimum absolute atomic E-state index is 0.172. The van der Waals surface area contributed by atoms with Crippen LogP contribution in [-0.4, -0.2) is 85.0 Å². The number of anilines is 1. The smallest absolute Gasteiger partial charge is 0.167 e. The quantitative estimate of drug-likeness (QED) is 0.372. The highest BCUT2D eigenvalue weighted by Gasteiger charge is 2.44. The van der Waals surface area contributed by atoms with Crippen molar-refractivity contribution in [1.82, 2.24) is 30.2 Å². The van der Waals surface area contributed by atoms with Crippen LogP contribution in [-0.2, 0) is 9.47 Å². The van der Waals surface area contributed by atoms with Crippen LogP contribution >= 0.6 is 12.2 Å². The zero-order chi connectivity index (χ0) is 22.1. The molecule has 3 fully saturated rings. The van der Waals surface area contributed by atoms with E-state index < -0.39 is 24.5 Å². The lowest BCUT2D eigenvalue weighted by Gasteiger charge is -2.19. The largest absolute Gasteiger partial charge is 0.387 e. The summed E-state index contributed by atoms with van der Waals surface area (Å²) < 4.78 is 13.0. The van der Waals surface area contributed by atoms with Gasteiger partial charge in [0.1, 0.15) is 24.6 Å². The molecule has 5 rings (SSSR count). The number of nitrogens with one attached hydrogen (secondary N) is 3. The van der Waals surface area contributed by atoms with Crippen LogP contribution in [0.5, 0.6) is 0 Å². The third-order valence-electron chi connectivity index (χ3n) is 6.39. The van der Waals surface area contributed by atoms with Crippen molar-refractivity contribution in [3.8, 4) is 0 Å². The Morgan fingerprint density at radius 3 is 2.75 bits per heavy atom. The molecule has 0 radical (unpaired) electrons. The minimum atomic E-state index is -1.13. The van der Waals surface area contributed by atoms with Crippen LogP contribution in [0.15, 0.2) is 12.7 Å². The van der Waals surface area contributed by atoms with E-state index >= 15 is 0 Å². The highest BCUT2D eigenvalue weighted by Crippen LogP contribution is 2.32. The van der Waals surface area contributed by atoms with Crippen molar-refractivity contribution in [2.45, 2.75) is 68.7 Å². The number of thiocarbonyl (C=S) groups is 1. The van der Waals surface area contributed by atoms with E-state index in [1.54, 1.807) is 10.9 Å². The van der Waals surface area contributed by atoms with Crippen LogP contribution < -0.4 is 16.0 Å². The first-order valence-electron chi connectivity index (χ1n) is 11.2. The fraction of sp³-hybridized carbons (Fsp3) is 0.700. The maximum atomic E-state index is 10.7. The number of aliphatic hydroxyl groups is 2. The van der Waals surface area contributed by atoms with Crippen molar-refractivity contribution in [1.29, 1.82) is 0 Å². The zero-order valence-corrected chi connectivity index (χ0v) is 18.5. The molecule has 2 aromatic rings. The van der Waals surface area contributed by atoms with E-state index in [-0.39, 0.29) is 12.6 Å². The summed E-state index contributed by atoms with van der Waals surface area (Å²) in [5, 5.41) is 31.5. The molecular formula is C20H29N7O4S. The van der Waals surface area contributed by atoms with Crippen LogP contribution in [0.1, 0.15) is 38.3 Å². The van der Waals surface area contributed by atoms with Crippen molar-refractivity contribution in [3.63, 3.8) is 0 Å². The van der Waals surface area contributed by atoms with Gasteiger partial charge in [-0.2, -0.15) is 0 Å². The number of hydrogen-bond donors (Lipinski definition) is 5. The number of fused-ring (bicyclic) bond motifs is 1. The molecule has 11 nitrogen and oxygen atoms in total. The minimum Gasteiger partial charge on any atom is -0.387 e. The summed E-state index contributed by atoms with van der Waals surface area (Å²) in [5.41, 5.74) is 1.10. The van der Waals surface area contributed by atoms with Gasteiger partial charge in [0.25, 0.3) is 0 Å². The van der Waals surface area contributed by atoms with Gasteiger partial charge in [0.05, 0.1) is 19.0 Å². The second kappa shape index (κ2) is 9.40. The average Bonchev–Trinajstić information content (AvgIpc) is 3.58. The van der Waals surface area contributed by atoms with Gasteiger partial charge in [-0.05, 0) is 31.5 Å². The van der Waals surface area contributed by atoms with E-state index in [0.29, 0.717) is 34.7 Å². The molecule has 2 aromatic heterocycles. The van der Waals surface area contributed by atoms with E-state index in [4.69, 9.17) is 21.7 Å². The Morgan fingerprint density at radius 1 is 1.12 bits per heavy atom. The fourth-order valence-corrected chi connectivity index (χ4v) is 4.86. The molecule has 12 heteroatoms. The summed E-state index contributed by atoms with van der Waals surface area (Å²) in [7, 11) is 0. The monoisotopic (exact) mass is 463 g/mol. The molecule has 0 amide bonds. The van der Waals surface area contributed by atoms with Gasteiger partial charge >= 0.3 is 0 Å². The van der Waals surface area contributed by atoms with Crippen LogP contribution in [0.4, 0.5) is 5.82 Å². The van der Waals surface area contributed by atoms with Gasteiger partial charge in [0.2, 0.25) is 0 Å². The third kappa shape index (κ3) is 4.37. The molecule has 1 aliphatic carbocycles. The fourth-order valence-electron chi connectivity index (χ4n) is 4.61. The number of rotatable bonds is 6. The summed E-state index contributed by atoms with van der Waals surface area (Å²) >= 11 is 5.37. The van der Waals surface area contributed by atoms with Crippen LogP contribution in [0.2, 0.25) is 0 Å². The molecule has 0 aromatic carbocycles. The van der Waals surface area contributed by atoms with Crippen LogP contribution in [0.3, 0.4) is 0 Å². The van der Waals surface area contributed by atoms with Crippen molar-refractivity contribution in [2.24, 2.45) is 0 Å². The Balaban J connectivity index is 1.25. The van der Waals surface area contributed by atoms with Crippen LogP contribution in [0.25, 0.3) is 11.2 Å². The summed E-state index contributed by atoms with van der Waals surface area (Å²) in [6.07, 6.45) is 4.90. The molecule has 5 unspecified atom stereocenters. The predicted octanol–water partition coefficient (Wildman–Crippen LogP) is 0.0530. The van der Waals surface area contributed by atoms with Gasteiger partial charge in [-0.25, -0.2) is 15.0 Å². The summed E-state index contributed by atoms with van der Waals surface area (Å²) in [4.78, 5) is 13.1. The number of nitrogens with zero attached hydrogens (tertiary/aromatic N) is 4. The van der Waals surface area contributed by atoms with Crippen molar-refractivity contribution < 1.29 is 19.7 Å². The Kier molecular flexibility index (Phi) is 6.37. The SMILES string of the molecule is OC1C(CNC(=S)NC2CCCC2)OC(n2cnc3c(NC4CCOC4)ncnc32)C1O. The maximum absolute atomic E-state index is 10.7. The number of imidazole rings is 1. The van der Waals surface area contributed by atoms with Crippen LogP contribution in [0, 0.1) is 0 Å². The van der Waals surface area contributed by atoms with Crippen molar-refractivity contribution in [3.05, 3.63) is 12.7 Å². The molecule has 174 valence electrons. The first-order valence-corrected chi connectivity index (χ1v) is 11.6. The Hall–Kier alpha value is -2.12. The van der Waals surface area contributed by atoms with Gasteiger partial charge in [0.15, 0.2) is 28.3 Å². The van der Waals surface area contributed by atoms with E-state index in [9.17, 15) is 10.2 Å². The molecule has 2 aliphatic heterocycles. The first kappa shape index (κ1) is 21.7. The number of hydrogen-bond acceptors (Lipinski definition) is 9. The topological polar surface area (TPSA) is 139 Å². The second-order valence-corrected chi connectivity index (χ2v) is 9.04. The zero-order valence-electron chi connectivity index (χ0n) is 17.7. The number of aliphatic hydroxyl groups excluding tert-OH is 2. The van der Waals surface area contributed by atoms with E-state index in [0.717, 1.165) is 25.9 Å². The molecule has 2 saturated heterocycles. The highest BCUT2D eigenvalue weighted by molar-refractivity contribution is 7.80. The van der Waals surface area contributed by atoms with Crippen molar-refractivity contribution in [2.75, 3.05) is 25.1 Å². The molecule has 1 saturated carbocycles. The van der Waals surface area contributed by atoms with Gasteiger partial charge in [-0.3, -0.25) is 4.57 Å². The lowest BCUT2D eigenvalue weighted by molar-refractivity contribution is -0.0332. The van der Waals surface area contributed by atoms with Gasteiger partial charge < -0.3 is 35.6 Å². The molecular weight excluding hydrogens is 434 g/mol. The number of ether oxygens (including phenoxy) is 2. The lowest BCUT2D eigenvalue weighted by Crippen LogP contribution is -2.45. The van der Waals surface area contributed by atoms with Crippen molar-refractivity contribution >= 4 is 34.3 Å². The maximum Gasteiger partial charge on any atom is 0.167 e. The van der Waals surface area contributed by atoms with E-state index in [2.05, 4.69) is 30.9 Å². The van der Waals surface area contributed by atoms with Gasteiger partial charge in [-0.15, -0.1) is 0 Å². The Bertz CT molecular complexity index is 947. The first-order chi connectivity index (χ1) is 15.6. The molecule has 4 heterocycles. The number of aromatic nitrogens is 4. The normalized spacial score (nSPS) is 30.8. The van der Waals surface area contributed by atoms with E-state index in [1.807, 2.05) is 0 Å². The average molecular weight is 464 g/mol. The Labute approximate surface area is 190 Å². The molecule has 32 heavy (non-hydrogen) atoms. The summed E-state index contributed by atoms with van der Waals surface area (Å²) in [6, 6.07) is 0.573. The summed E-state index contributed by atoms with van der Waals surface area (Å²) in [6.45, 7) is 1.62. The van der Waals surface area contributed by atoms with Gasteiger partial charge in [-0.1, -0.05) is 12.8 Å². The predicted molar refractivity (Wildman–Crippen MR) is 120 cm³/mol. The summed E-state index contributed by atoms with van der Waals surface area (Å²) in [5.74, 6) is 0.610. The lowest BCUT2D eigenvalue weighted by atomic mass is 10.1. The highest BCUT2D eigenvalue weighted by atomic mass is 32.1. The molecule has 5 atom stereocenters. The third-order valence-corrected chi connectivity index (χ3v) is 6.66. The second-order valence-electron chi connectivity index (χ2n) is 8.63. The Morgan fingerprint density at radius 2 is 1.97 bits per heavy atom. The van der Waals surface area contributed by atoms with Gasteiger partial charge in [0, 0.05) is 19.2 Å². The molecule has 0 spiro atoms. The molecule has 0 bridgehead atoms. The molecule has 5 N–H and O–H groups in total. The molecule has 3 aliphatic rings. The van der Waals surface area contributed by atoms with E-state index in [1.165, 1.54) is 19.2 Å².